The van der Waals surface area contributed by atoms with Gasteiger partial charge in [-0.25, -0.2) is 4.79 Å². The van der Waals surface area contributed by atoms with Gasteiger partial charge in [0, 0.05) is 16.3 Å². The fourth-order valence-electron chi connectivity index (χ4n) is 1.86. The van der Waals surface area contributed by atoms with Gasteiger partial charge in [0.1, 0.15) is 11.5 Å². The number of carboxylic acids is 1. The molecule has 0 bridgehead atoms. The fourth-order valence-corrected chi connectivity index (χ4v) is 1.86. The van der Waals surface area contributed by atoms with E-state index in [1.807, 2.05) is 0 Å². The van der Waals surface area contributed by atoms with E-state index >= 15 is 0 Å². The minimum absolute atomic E-state index is 0.0387. The van der Waals surface area contributed by atoms with Gasteiger partial charge >= 0.3 is 5.97 Å². The van der Waals surface area contributed by atoms with Crippen molar-refractivity contribution in [3.05, 3.63) is 35.9 Å². The first kappa shape index (κ1) is 12.2. The second-order valence-corrected chi connectivity index (χ2v) is 3.80. The Bertz CT molecular complexity index is 606. The lowest BCUT2D eigenvalue weighted by Gasteiger charge is -2.12. The second kappa shape index (κ2) is 4.54. The molecule has 18 heavy (non-hydrogen) atoms. The quantitative estimate of drug-likeness (QED) is 0.769. The monoisotopic (exact) mass is 248 g/mol. The second-order valence-electron chi connectivity index (χ2n) is 3.80. The van der Waals surface area contributed by atoms with Gasteiger partial charge in [-0.3, -0.25) is 0 Å². The smallest absolute Gasteiger partial charge is 0.337 e. The van der Waals surface area contributed by atoms with Gasteiger partial charge < -0.3 is 20.1 Å². The molecule has 2 rings (SSSR count). The van der Waals surface area contributed by atoms with Gasteiger partial charge in [0.2, 0.25) is 0 Å². The van der Waals surface area contributed by atoms with Crippen LogP contribution in [0.15, 0.2) is 30.3 Å². The molecule has 0 saturated heterocycles. The Morgan fingerprint density at radius 2 is 1.94 bits per heavy atom. The Hall–Kier alpha value is -2.27. The number of carbonyl (C=O) groups is 1. The van der Waals surface area contributed by atoms with Crippen molar-refractivity contribution in [2.24, 2.45) is 0 Å². The average molecular weight is 248 g/mol. The molecule has 0 amide bonds. The van der Waals surface area contributed by atoms with Crippen LogP contribution in [-0.4, -0.2) is 28.4 Å². The summed E-state index contributed by atoms with van der Waals surface area (Å²) in [6, 6.07) is 8.02. The maximum atomic E-state index is 10.7. The summed E-state index contributed by atoms with van der Waals surface area (Å²) >= 11 is 0. The maximum Gasteiger partial charge on any atom is 0.337 e. The average Bonchev–Trinajstić information content (AvgIpc) is 2.38. The van der Waals surface area contributed by atoms with Crippen molar-refractivity contribution >= 4 is 16.7 Å². The van der Waals surface area contributed by atoms with Crippen LogP contribution in [0.2, 0.25) is 0 Å². The number of hydrogen-bond donors (Lipinski definition) is 3. The molecule has 2 aromatic rings. The molecule has 0 heterocycles. The van der Waals surface area contributed by atoms with Crippen LogP contribution in [-0.2, 0) is 4.79 Å². The van der Waals surface area contributed by atoms with E-state index in [4.69, 9.17) is 9.84 Å². The van der Waals surface area contributed by atoms with Crippen LogP contribution in [0.3, 0.4) is 0 Å². The highest BCUT2D eigenvalue weighted by molar-refractivity contribution is 5.95. The van der Waals surface area contributed by atoms with Crippen molar-refractivity contribution in [1.29, 1.82) is 0 Å². The predicted octanol–water partition coefficient (Wildman–Crippen LogP) is 1.67. The number of benzene rings is 2. The Morgan fingerprint density at radius 1 is 1.22 bits per heavy atom. The Kier molecular flexibility index (Phi) is 3.08. The Labute approximate surface area is 103 Å². The van der Waals surface area contributed by atoms with Crippen LogP contribution in [0.25, 0.3) is 10.8 Å². The molecule has 94 valence electrons. The fraction of sp³-hybridized carbons (Fsp3) is 0.154. The van der Waals surface area contributed by atoms with Crippen LogP contribution < -0.4 is 4.74 Å². The third kappa shape index (κ3) is 1.84. The van der Waals surface area contributed by atoms with Crippen molar-refractivity contribution in [1.82, 2.24) is 0 Å². The minimum Gasteiger partial charge on any atom is -0.507 e. The molecule has 0 fully saturated rings. The number of aliphatic hydroxyl groups is 1. The summed E-state index contributed by atoms with van der Waals surface area (Å²) in [5.74, 6) is -1.09. The lowest BCUT2D eigenvalue weighted by atomic mass is 10.0. The van der Waals surface area contributed by atoms with Gasteiger partial charge in [0.15, 0.2) is 6.10 Å². The van der Waals surface area contributed by atoms with Crippen molar-refractivity contribution in [3.8, 4) is 11.5 Å². The van der Waals surface area contributed by atoms with Crippen LogP contribution in [0.1, 0.15) is 11.7 Å². The predicted molar refractivity (Wildman–Crippen MR) is 64.8 cm³/mol. The van der Waals surface area contributed by atoms with E-state index in [2.05, 4.69) is 0 Å². The lowest BCUT2D eigenvalue weighted by Crippen LogP contribution is -2.10. The van der Waals surface area contributed by atoms with E-state index in [1.165, 1.54) is 13.2 Å². The van der Waals surface area contributed by atoms with E-state index in [-0.39, 0.29) is 11.3 Å². The van der Waals surface area contributed by atoms with Crippen LogP contribution >= 0.6 is 0 Å². The van der Waals surface area contributed by atoms with E-state index in [0.717, 1.165) is 0 Å². The summed E-state index contributed by atoms with van der Waals surface area (Å²) in [4.78, 5) is 10.7. The summed E-state index contributed by atoms with van der Waals surface area (Å²) in [5.41, 5.74) is -0.0387. The number of carboxylic acid groups (broad SMARTS) is 1. The number of phenolic OH excluding ortho intramolecular Hbond substituents is 1. The highest BCUT2D eigenvalue weighted by Crippen LogP contribution is 2.36. The standard InChI is InChI=1S/C13H12O5/c1-18-10-4-2-3-8-7(10)5-6-9(11(8)14)12(15)13(16)17/h2-6,12,14-15H,1H3,(H,16,17). The molecule has 0 aromatic heterocycles. The number of aliphatic hydroxyl groups excluding tert-OH is 1. The number of hydrogen-bond acceptors (Lipinski definition) is 4. The van der Waals surface area contributed by atoms with Crippen molar-refractivity contribution in [3.63, 3.8) is 0 Å². The van der Waals surface area contributed by atoms with Gasteiger partial charge in [0.25, 0.3) is 0 Å². The van der Waals surface area contributed by atoms with Crippen molar-refractivity contribution in [2.75, 3.05) is 7.11 Å². The molecule has 0 radical (unpaired) electrons. The van der Waals surface area contributed by atoms with Gasteiger partial charge in [-0.2, -0.15) is 0 Å². The molecule has 0 aliphatic rings. The van der Waals surface area contributed by atoms with Crippen molar-refractivity contribution < 1.29 is 24.9 Å². The van der Waals surface area contributed by atoms with Gasteiger partial charge in [-0.1, -0.05) is 18.2 Å². The number of fused-ring (bicyclic) bond motifs is 1. The third-order valence-electron chi connectivity index (χ3n) is 2.77. The molecule has 2 aromatic carbocycles. The highest BCUT2D eigenvalue weighted by Gasteiger charge is 2.21. The van der Waals surface area contributed by atoms with Gasteiger partial charge in [0.05, 0.1) is 7.11 Å². The molecule has 3 N–H and O–H groups in total. The van der Waals surface area contributed by atoms with E-state index in [9.17, 15) is 15.0 Å². The molecular weight excluding hydrogens is 236 g/mol. The normalized spacial score (nSPS) is 12.3. The zero-order valence-electron chi connectivity index (χ0n) is 9.62. The molecule has 5 heteroatoms. The number of phenols is 1. The molecule has 0 saturated carbocycles. The van der Waals surface area contributed by atoms with Crippen molar-refractivity contribution in [2.45, 2.75) is 6.10 Å². The Balaban J connectivity index is 2.69. The molecule has 0 aliphatic carbocycles. The topological polar surface area (TPSA) is 87.0 Å². The first-order valence-electron chi connectivity index (χ1n) is 5.25. The summed E-state index contributed by atoms with van der Waals surface area (Å²) < 4.78 is 5.14. The molecular formula is C13H12O5. The first-order valence-corrected chi connectivity index (χ1v) is 5.25. The van der Waals surface area contributed by atoms with E-state index in [1.54, 1.807) is 24.3 Å². The summed E-state index contributed by atoms with van der Waals surface area (Å²) in [6.45, 7) is 0. The summed E-state index contributed by atoms with van der Waals surface area (Å²) in [7, 11) is 1.51. The SMILES string of the molecule is COc1cccc2c(O)c(C(O)C(=O)O)ccc12. The van der Waals surface area contributed by atoms with Crippen LogP contribution in [0, 0.1) is 0 Å². The van der Waals surface area contributed by atoms with Crippen LogP contribution in [0.5, 0.6) is 11.5 Å². The molecule has 1 unspecified atom stereocenters. The number of aromatic hydroxyl groups is 1. The number of ether oxygens (including phenoxy) is 1. The maximum absolute atomic E-state index is 10.7. The zero-order chi connectivity index (χ0) is 13.3. The molecule has 0 aliphatic heterocycles. The molecule has 0 spiro atoms. The third-order valence-corrected chi connectivity index (χ3v) is 2.77. The lowest BCUT2D eigenvalue weighted by molar-refractivity contribution is -0.147. The minimum atomic E-state index is -1.75. The first-order chi connectivity index (χ1) is 8.56. The van der Waals surface area contributed by atoms with E-state index in [0.29, 0.717) is 16.5 Å². The van der Waals surface area contributed by atoms with E-state index < -0.39 is 12.1 Å². The van der Waals surface area contributed by atoms with Crippen LogP contribution in [0.4, 0.5) is 0 Å². The van der Waals surface area contributed by atoms with Gasteiger partial charge in [-0.05, 0) is 12.1 Å². The number of rotatable bonds is 3. The zero-order valence-corrected chi connectivity index (χ0v) is 9.62. The Morgan fingerprint density at radius 3 is 2.56 bits per heavy atom. The number of methoxy groups -OCH3 is 1. The number of aliphatic carboxylic acids is 1. The highest BCUT2D eigenvalue weighted by atomic mass is 16.5. The molecule has 5 nitrogen and oxygen atoms in total. The largest absolute Gasteiger partial charge is 0.507 e. The van der Waals surface area contributed by atoms with Gasteiger partial charge in [-0.15, -0.1) is 0 Å². The summed E-state index contributed by atoms with van der Waals surface area (Å²) in [6.07, 6.45) is -1.75. The molecule has 1 atom stereocenters. The summed E-state index contributed by atoms with van der Waals surface area (Å²) in [5, 5.41) is 29.3.